The first-order valence-corrected chi connectivity index (χ1v) is 10.5. The zero-order valence-corrected chi connectivity index (χ0v) is 17.2. The van der Waals surface area contributed by atoms with Gasteiger partial charge in [0.2, 0.25) is 11.0 Å². The lowest BCUT2D eigenvalue weighted by atomic mass is 10.2. The summed E-state index contributed by atoms with van der Waals surface area (Å²) in [6, 6.07) is 17.9. The summed E-state index contributed by atoms with van der Waals surface area (Å²) in [5, 5.41) is 12.4. The number of benzene rings is 2. The number of para-hydroxylation sites is 2. The van der Waals surface area contributed by atoms with Gasteiger partial charge in [0.1, 0.15) is 0 Å². The molecule has 0 unspecified atom stereocenters. The molecule has 3 rings (SSSR count). The molecule has 2 aromatic carbocycles. The number of nitrogens with zero attached hydrogens (tertiary/aromatic N) is 3. The molecule has 0 fully saturated rings. The lowest BCUT2D eigenvalue weighted by molar-refractivity contribution is -0.116. The minimum atomic E-state index is 0.0600. The van der Waals surface area contributed by atoms with Crippen molar-refractivity contribution in [3.8, 4) is 0 Å². The molecule has 0 saturated carbocycles. The van der Waals surface area contributed by atoms with Crippen molar-refractivity contribution in [1.82, 2.24) is 10.2 Å². The van der Waals surface area contributed by atoms with Gasteiger partial charge in [-0.1, -0.05) is 59.5 Å². The van der Waals surface area contributed by atoms with E-state index in [1.807, 2.05) is 80.3 Å². The average Bonchev–Trinajstić information content (AvgIpc) is 3.10. The number of nitrogens with one attached hydrogen (secondary N) is 1. The second-order valence-corrected chi connectivity index (χ2v) is 8.49. The molecule has 0 radical (unpaired) electrons. The van der Waals surface area contributed by atoms with Crippen molar-refractivity contribution in [2.24, 2.45) is 0 Å². The fourth-order valence-corrected chi connectivity index (χ4v) is 4.28. The van der Waals surface area contributed by atoms with Gasteiger partial charge in [0, 0.05) is 17.4 Å². The summed E-state index contributed by atoms with van der Waals surface area (Å²) in [5.74, 6) is 0.385. The Morgan fingerprint density at radius 2 is 1.81 bits per heavy atom. The van der Waals surface area contributed by atoms with Gasteiger partial charge in [0.25, 0.3) is 0 Å². The minimum absolute atomic E-state index is 0.0600. The fraction of sp³-hybridized carbons (Fsp3) is 0.250. The molecule has 1 N–H and O–H groups in total. The Kier molecular flexibility index (Phi) is 6.47. The molecule has 0 aliphatic heterocycles. The minimum Gasteiger partial charge on any atom is -0.330 e. The van der Waals surface area contributed by atoms with Gasteiger partial charge >= 0.3 is 0 Å². The maximum absolute atomic E-state index is 12.7. The summed E-state index contributed by atoms with van der Waals surface area (Å²) < 4.78 is 0.774. The number of anilines is 3. The van der Waals surface area contributed by atoms with Crippen LogP contribution in [0.15, 0.2) is 58.9 Å². The first kappa shape index (κ1) is 19.4. The predicted molar refractivity (Wildman–Crippen MR) is 114 cm³/mol. The number of rotatable bonds is 7. The standard InChI is InChI=1S/C20H22N4OS2/c1-14(2)24(16-10-5-4-6-11-16)18(25)13-26-20-23-22-19(27-20)21-17-12-8-7-9-15(17)3/h4-12,14H,13H2,1-3H3,(H,21,22). The van der Waals surface area contributed by atoms with Gasteiger partial charge in [0.15, 0.2) is 4.34 Å². The molecule has 0 spiro atoms. The molecule has 0 bridgehead atoms. The molecule has 7 heteroatoms. The van der Waals surface area contributed by atoms with Crippen molar-refractivity contribution < 1.29 is 4.79 Å². The molecule has 5 nitrogen and oxygen atoms in total. The van der Waals surface area contributed by atoms with Crippen LogP contribution in [0.3, 0.4) is 0 Å². The largest absolute Gasteiger partial charge is 0.330 e. The highest BCUT2D eigenvalue weighted by molar-refractivity contribution is 8.01. The molecule has 0 aliphatic carbocycles. The smallest absolute Gasteiger partial charge is 0.237 e. The van der Waals surface area contributed by atoms with Crippen molar-refractivity contribution >= 4 is 45.5 Å². The molecule has 0 saturated heterocycles. The van der Waals surface area contributed by atoms with Crippen LogP contribution >= 0.6 is 23.1 Å². The van der Waals surface area contributed by atoms with Gasteiger partial charge in [-0.05, 0) is 44.5 Å². The second-order valence-electron chi connectivity index (χ2n) is 6.29. The SMILES string of the molecule is Cc1ccccc1Nc1nnc(SCC(=O)N(c2ccccc2)C(C)C)s1. The van der Waals surface area contributed by atoms with E-state index in [-0.39, 0.29) is 11.9 Å². The van der Waals surface area contributed by atoms with Crippen LogP contribution in [0.5, 0.6) is 0 Å². The Morgan fingerprint density at radius 3 is 2.52 bits per heavy atom. The molecule has 1 aromatic heterocycles. The zero-order valence-electron chi connectivity index (χ0n) is 15.5. The number of hydrogen-bond donors (Lipinski definition) is 1. The Labute approximate surface area is 167 Å². The number of aryl methyl sites for hydroxylation is 1. The molecular weight excluding hydrogens is 376 g/mol. The Bertz CT molecular complexity index is 896. The lowest BCUT2D eigenvalue weighted by Gasteiger charge is -2.26. The van der Waals surface area contributed by atoms with E-state index in [0.717, 1.165) is 26.4 Å². The summed E-state index contributed by atoms with van der Waals surface area (Å²) in [5.41, 5.74) is 3.07. The van der Waals surface area contributed by atoms with Crippen molar-refractivity contribution in [2.75, 3.05) is 16.0 Å². The number of carbonyl (C=O) groups excluding carboxylic acids is 1. The van der Waals surface area contributed by atoms with Crippen LogP contribution in [0.4, 0.5) is 16.5 Å². The zero-order chi connectivity index (χ0) is 19.2. The van der Waals surface area contributed by atoms with Gasteiger partial charge in [-0.15, -0.1) is 10.2 Å². The van der Waals surface area contributed by atoms with Crippen LogP contribution in [0.25, 0.3) is 0 Å². The van der Waals surface area contributed by atoms with Gasteiger partial charge in [-0.2, -0.15) is 0 Å². The molecule has 1 amide bonds. The van der Waals surface area contributed by atoms with Crippen LogP contribution in [0.2, 0.25) is 0 Å². The lowest BCUT2D eigenvalue weighted by Crippen LogP contribution is -2.38. The van der Waals surface area contributed by atoms with Gasteiger partial charge < -0.3 is 10.2 Å². The van der Waals surface area contributed by atoms with Gasteiger partial charge in [-0.3, -0.25) is 4.79 Å². The summed E-state index contributed by atoms with van der Waals surface area (Å²) in [7, 11) is 0. The number of thioether (sulfide) groups is 1. The Balaban J connectivity index is 1.62. The average molecular weight is 399 g/mol. The van der Waals surface area contributed by atoms with E-state index in [1.165, 1.54) is 23.1 Å². The third-order valence-corrected chi connectivity index (χ3v) is 5.89. The normalized spacial score (nSPS) is 10.8. The summed E-state index contributed by atoms with van der Waals surface area (Å²) in [6.07, 6.45) is 0. The number of amides is 1. The molecule has 27 heavy (non-hydrogen) atoms. The van der Waals surface area contributed by atoms with Crippen LogP contribution in [0.1, 0.15) is 19.4 Å². The quantitative estimate of drug-likeness (QED) is 0.560. The van der Waals surface area contributed by atoms with Crippen molar-refractivity contribution in [3.05, 3.63) is 60.2 Å². The molecular formula is C20H22N4OS2. The Morgan fingerprint density at radius 1 is 1.11 bits per heavy atom. The van der Waals surface area contributed by atoms with Crippen LogP contribution < -0.4 is 10.2 Å². The highest BCUT2D eigenvalue weighted by Crippen LogP contribution is 2.29. The summed E-state index contributed by atoms with van der Waals surface area (Å²) >= 11 is 2.87. The van der Waals surface area contributed by atoms with Crippen molar-refractivity contribution in [2.45, 2.75) is 31.2 Å². The van der Waals surface area contributed by atoms with E-state index in [1.54, 1.807) is 0 Å². The number of carbonyl (C=O) groups is 1. The summed E-state index contributed by atoms with van der Waals surface area (Å²) in [6.45, 7) is 6.08. The maximum atomic E-state index is 12.7. The van der Waals surface area contributed by atoms with Crippen molar-refractivity contribution in [1.29, 1.82) is 0 Å². The first-order valence-electron chi connectivity index (χ1n) is 8.70. The summed E-state index contributed by atoms with van der Waals surface area (Å²) in [4.78, 5) is 14.6. The number of aromatic nitrogens is 2. The first-order chi connectivity index (χ1) is 13.0. The van der Waals surface area contributed by atoms with E-state index >= 15 is 0 Å². The van der Waals surface area contributed by atoms with E-state index in [2.05, 4.69) is 15.5 Å². The van der Waals surface area contributed by atoms with E-state index in [9.17, 15) is 4.79 Å². The molecule has 140 valence electrons. The molecule has 0 atom stereocenters. The second kappa shape index (κ2) is 9.01. The van der Waals surface area contributed by atoms with Gasteiger partial charge in [0.05, 0.1) is 5.75 Å². The number of hydrogen-bond acceptors (Lipinski definition) is 6. The van der Waals surface area contributed by atoms with Crippen LogP contribution in [-0.2, 0) is 4.79 Å². The maximum Gasteiger partial charge on any atom is 0.237 e. The monoisotopic (exact) mass is 398 g/mol. The Hall–Kier alpha value is -2.38. The molecule has 1 heterocycles. The van der Waals surface area contributed by atoms with Crippen molar-refractivity contribution in [3.63, 3.8) is 0 Å². The third kappa shape index (κ3) is 5.08. The van der Waals surface area contributed by atoms with Crippen LogP contribution in [0, 0.1) is 6.92 Å². The van der Waals surface area contributed by atoms with Crippen LogP contribution in [-0.4, -0.2) is 27.9 Å². The van der Waals surface area contributed by atoms with E-state index in [4.69, 9.17) is 0 Å². The van der Waals surface area contributed by atoms with Gasteiger partial charge in [-0.25, -0.2) is 0 Å². The molecule has 0 aliphatic rings. The predicted octanol–water partition coefficient (Wildman–Crippen LogP) is 5.12. The third-order valence-electron chi connectivity index (χ3n) is 3.93. The highest BCUT2D eigenvalue weighted by Gasteiger charge is 2.19. The van der Waals surface area contributed by atoms with E-state index in [0.29, 0.717) is 5.75 Å². The topological polar surface area (TPSA) is 58.1 Å². The van der Waals surface area contributed by atoms with E-state index < -0.39 is 0 Å². The molecule has 3 aromatic rings. The highest BCUT2D eigenvalue weighted by atomic mass is 32.2. The fourth-order valence-electron chi connectivity index (χ4n) is 2.66.